The Morgan fingerprint density at radius 3 is 2.53 bits per heavy atom. The van der Waals surface area contributed by atoms with Crippen molar-refractivity contribution in [1.82, 2.24) is 14.6 Å². The van der Waals surface area contributed by atoms with Crippen molar-refractivity contribution in [3.05, 3.63) is 87.2 Å². The lowest BCUT2D eigenvalue weighted by molar-refractivity contribution is 0.362. The zero-order valence-corrected chi connectivity index (χ0v) is 18.1. The second-order valence-corrected chi connectivity index (χ2v) is 9.02. The first-order chi connectivity index (χ1) is 14.4. The van der Waals surface area contributed by atoms with E-state index >= 15 is 0 Å². The Balaban J connectivity index is 1.71. The smallest absolute Gasteiger partial charge is 0.291 e. The minimum Gasteiger partial charge on any atom is -0.489 e. The van der Waals surface area contributed by atoms with E-state index in [1.54, 1.807) is 6.08 Å². The van der Waals surface area contributed by atoms with Crippen LogP contribution in [0, 0.1) is 0 Å². The first-order valence-corrected chi connectivity index (χ1v) is 10.5. The highest BCUT2D eigenvalue weighted by Gasteiger charge is 2.15. The van der Waals surface area contributed by atoms with E-state index in [0.29, 0.717) is 27.7 Å². The number of hydrogen-bond donors (Lipinski definition) is 0. The average Bonchev–Trinajstić information content (AvgIpc) is 3.26. The lowest BCUT2D eigenvalue weighted by Crippen LogP contribution is -2.23. The fourth-order valence-electron chi connectivity index (χ4n) is 3.10. The molecule has 4 aromatic rings. The van der Waals surface area contributed by atoms with Crippen molar-refractivity contribution in [3.8, 4) is 17.1 Å². The molecule has 2 aromatic carbocycles. The van der Waals surface area contributed by atoms with Crippen LogP contribution in [-0.4, -0.2) is 21.2 Å². The van der Waals surface area contributed by atoms with Gasteiger partial charge in [0.2, 0.25) is 4.96 Å². The van der Waals surface area contributed by atoms with Crippen LogP contribution >= 0.6 is 11.3 Å². The third kappa shape index (κ3) is 3.91. The molecule has 0 N–H and O–H groups in total. The minimum absolute atomic E-state index is 0.0824. The molecule has 6 heteroatoms. The van der Waals surface area contributed by atoms with Crippen LogP contribution in [-0.2, 0) is 5.41 Å². The Morgan fingerprint density at radius 1 is 1.13 bits per heavy atom. The van der Waals surface area contributed by atoms with E-state index in [2.05, 4.69) is 49.6 Å². The molecule has 0 saturated carbocycles. The maximum absolute atomic E-state index is 12.9. The molecule has 4 rings (SSSR count). The first-order valence-electron chi connectivity index (χ1n) is 9.72. The Bertz CT molecular complexity index is 1310. The van der Waals surface area contributed by atoms with Gasteiger partial charge in [-0.05, 0) is 23.1 Å². The van der Waals surface area contributed by atoms with Crippen LogP contribution < -0.4 is 14.8 Å². The van der Waals surface area contributed by atoms with Crippen molar-refractivity contribution in [2.45, 2.75) is 26.2 Å². The zero-order valence-electron chi connectivity index (χ0n) is 17.3. The van der Waals surface area contributed by atoms with Crippen molar-refractivity contribution in [2.75, 3.05) is 6.61 Å². The summed E-state index contributed by atoms with van der Waals surface area (Å²) in [5.74, 6) is 1.26. The molecule has 0 amide bonds. The summed E-state index contributed by atoms with van der Waals surface area (Å²) in [5.41, 5.74) is 2.87. The van der Waals surface area contributed by atoms with Gasteiger partial charge < -0.3 is 4.74 Å². The van der Waals surface area contributed by atoms with Gasteiger partial charge in [-0.25, -0.2) is 0 Å². The molecule has 0 saturated heterocycles. The molecule has 152 valence electrons. The van der Waals surface area contributed by atoms with Crippen LogP contribution in [0.3, 0.4) is 0 Å². The van der Waals surface area contributed by atoms with Gasteiger partial charge >= 0.3 is 0 Å². The van der Waals surface area contributed by atoms with Crippen LogP contribution in [0.5, 0.6) is 5.75 Å². The molecule has 0 bridgehead atoms. The predicted octanol–water partition coefficient (Wildman–Crippen LogP) is 4.23. The lowest BCUT2D eigenvalue weighted by atomic mass is 9.87. The molecule has 0 spiro atoms. The molecule has 0 radical (unpaired) electrons. The zero-order chi connectivity index (χ0) is 21.3. The predicted molar refractivity (Wildman–Crippen MR) is 122 cm³/mol. The van der Waals surface area contributed by atoms with Crippen LogP contribution in [0.15, 0.2) is 66.0 Å². The second-order valence-electron chi connectivity index (χ2n) is 8.01. The van der Waals surface area contributed by atoms with Crippen molar-refractivity contribution < 1.29 is 4.74 Å². The Kier molecular flexibility index (Phi) is 5.26. The standard InChI is InChI=1S/C24H23N3O2S/c1-5-14-29-19-9-7-6-8-17(19)15-20-22(28)27-23(30-20)25-21(26-27)16-10-12-18(13-11-16)24(2,3)4/h5-13,15H,1,14H2,2-4H3/b20-15-. The van der Waals surface area contributed by atoms with E-state index in [0.717, 1.165) is 11.1 Å². The summed E-state index contributed by atoms with van der Waals surface area (Å²) in [6.07, 6.45) is 3.51. The first kappa shape index (κ1) is 20.0. The van der Waals surface area contributed by atoms with Crippen LogP contribution in [0.4, 0.5) is 0 Å². The molecule has 0 aliphatic rings. The molecular weight excluding hydrogens is 394 g/mol. The van der Waals surface area contributed by atoms with Gasteiger partial charge in [-0.3, -0.25) is 4.79 Å². The van der Waals surface area contributed by atoms with Crippen LogP contribution in [0.25, 0.3) is 22.4 Å². The van der Waals surface area contributed by atoms with Gasteiger partial charge in [0.05, 0.1) is 4.53 Å². The van der Waals surface area contributed by atoms with Gasteiger partial charge in [0.15, 0.2) is 5.82 Å². The number of nitrogens with zero attached hydrogens (tertiary/aromatic N) is 3. The highest BCUT2D eigenvalue weighted by atomic mass is 32.1. The number of benzene rings is 2. The normalized spacial score (nSPS) is 12.4. The number of fused-ring (bicyclic) bond motifs is 1. The number of para-hydroxylation sites is 1. The molecule has 2 heterocycles. The highest BCUT2D eigenvalue weighted by molar-refractivity contribution is 7.15. The summed E-state index contributed by atoms with van der Waals surface area (Å²) in [7, 11) is 0. The molecule has 5 nitrogen and oxygen atoms in total. The van der Waals surface area contributed by atoms with E-state index in [-0.39, 0.29) is 11.0 Å². The van der Waals surface area contributed by atoms with Gasteiger partial charge in [0, 0.05) is 11.1 Å². The fraction of sp³-hybridized carbons (Fsp3) is 0.208. The highest BCUT2D eigenvalue weighted by Crippen LogP contribution is 2.25. The molecule has 2 aromatic heterocycles. The Morgan fingerprint density at radius 2 is 1.87 bits per heavy atom. The number of thiazole rings is 1. The molecule has 0 aliphatic carbocycles. The second kappa shape index (κ2) is 7.88. The summed E-state index contributed by atoms with van der Waals surface area (Å²) in [6.45, 7) is 10.6. The van der Waals surface area contributed by atoms with Crippen molar-refractivity contribution in [2.24, 2.45) is 0 Å². The quantitative estimate of drug-likeness (QED) is 0.456. The average molecular weight is 418 g/mol. The number of hydrogen-bond acceptors (Lipinski definition) is 5. The Hall–Kier alpha value is -3.25. The monoisotopic (exact) mass is 417 g/mol. The SMILES string of the molecule is C=CCOc1ccccc1/C=c1\sc2nc(-c3ccc(C(C)(C)C)cc3)nn2c1=O. The Labute approximate surface area is 179 Å². The topological polar surface area (TPSA) is 56.5 Å². The van der Waals surface area contributed by atoms with Crippen molar-refractivity contribution >= 4 is 22.4 Å². The lowest BCUT2D eigenvalue weighted by Gasteiger charge is -2.18. The van der Waals surface area contributed by atoms with E-state index in [1.165, 1.54) is 21.4 Å². The van der Waals surface area contributed by atoms with Crippen LogP contribution in [0.1, 0.15) is 31.9 Å². The minimum atomic E-state index is -0.182. The molecule has 0 aliphatic heterocycles. The summed E-state index contributed by atoms with van der Waals surface area (Å²) >= 11 is 1.32. The summed E-state index contributed by atoms with van der Waals surface area (Å²) in [4.78, 5) is 18.0. The third-order valence-corrected chi connectivity index (χ3v) is 5.71. The van der Waals surface area contributed by atoms with Crippen molar-refractivity contribution in [3.63, 3.8) is 0 Å². The third-order valence-electron chi connectivity index (χ3n) is 4.75. The molecular formula is C24H23N3O2S. The van der Waals surface area contributed by atoms with Gasteiger partial charge in [0.1, 0.15) is 12.4 Å². The summed E-state index contributed by atoms with van der Waals surface area (Å²) in [5, 5.41) is 4.45. The van der Waals surface area contributed by atoms with Gasteiger partial charge in [-0.2, -0.15) is 9.50 Å². The number of ether oxygens (including phenoxy) is 1. The molecule has 30 heavy (non-hydrogen) atoms. The van der Waals surface area contributed by atoms with Gasteiger partial charge in [0.25, 0.3) is 5.56 Å². The van der Waals surface area contributed by atoms with Crippen molar-refractivity contribution in [1.29, 1.82) is 0 Å². The van der Waals surface area contributed by atoms with E-state index in [4.69, 9.17) is 4.74 Å². The molecule has 0 fully saturated rings. The van der Waals surface area contributed by atoms with E-state index < -0.39 is 0 Å². The van der Waals surface area contributed by atoms with E-state index in [9.17, 15) is 4.79 Å². The molecule has 0 unspecified atom stereocenters. The number of aromatic nitrogens is 3. The number of rotatable bonds is 5. The summed E-state index contributed by atoms with van der Waals surface area (Å²) < 4.78 is 7.62. The maximum atomic E-state index is 12.9. The van der Waals surface area contributed by atoms with Crippen LogP contribution in [0.2, 0.25) is 0 Å². The van der Waals surface area contributed by atoms with Gasteiger partial charge in [-0.15, -0.1) is 5.10 Å². The summed E-state index contributed by atoms with van der Waals surface area (Å²) in [6, 6.07) is 15.8. The maximum Gasteiger partial charge on any atom is 0.291 e. The molecule has 0 atom stereocenters. The van der Waals surface area contributed by atoms with Gasteiger partial charge in [-0.1, -0.05) is 87.2 Å². The van der Waals surface area contributed by atoms with E-state index in [1.807, 2.05) is 42.5 Å². The fourth-order valence-corrected chi connectivity index (χ4v) is 4.00. The largest absolute Gasteiger partial charge is 0.489 e.